The monoisotopic (exact) mass is 395 g/mol. The lowest BCUT2D eigenvalue weighted by Crippen LogP contribution is -2.22. The number of para-hydroxylation sites is 1. The summed E-state index contributed by atoms with van der Waals surface area (Å²) >= 11 is 0. The molecule has 2 heterocycles. The van der Waals surface area contributed by atoms with Crippen molar-refractivity contribution in [2.24, 2.45) is 0 Å². The highest BCUT2D eigenvalue weighted by atomic mass is 16.5. The molecule has 0 amide bonds. The van der Waals surface area contributed by atoms with E-state index in [1.165, 1.54) is 16.7 Å². The van der Waals surface area contributed by atoms with Gasteiger partial charge in [0.05, 0.1) is 5.69 Å². The van der Waals surface area contributed by atoms with Crippen LogP contribution >= 0.6 is 0 Å². The van der Waals surface area contributed by atoms with Crippen molar-refractivity contribution in [3.05, 3.63) is 126 Å². The van der Waals surface area contributed by atoms with Gasteiger partial charge in [0.25, 0.3) is 0 Å². The molecule has 0 aliphatic carbocycles. The van der Waals surface area contributed by atoms with Gasteiger partial charge < -0.3 is 4.74 Å². The van der Waals surface area contributed by atoms with E-state index < -0.39 is 0 Å². The van der Waals surface area contributed by atoms with E-state index in [2.05, 4.69) is 69.5 Å². The van der Waals surface area contributed by atoms with E-state index in [-0.39, 0.29) is 0 Å². The van der Waals surface area contributed by atoms with Gasteiger partial charge in [-0.3, -0.25) is 14.9 Å². The minimum atomic E-state index is 0.459. The first-order chi connectivity index (χ1) is 14.9. The second-order valence-electron chi connectivity index (χ2n) is 7.20. The zero-order valence-electron chi connectivity index (χ0n) is 16.9. The number of aromatic nitrogens is 2. The first-order valence-electron chi connectivity index (χ1n) is 10.1. The van der Waals surface area contributed by atoms with Crippen LogP contribution in [-0.4, -0.2) is 14.9 Å². The molecular formula is C26H25N3O. The molecule has 0 spiro atoms. The Morgan fingerprint density at radius 1 is 0.633 bits per heavy atom. The maximum Gasteiger partial charge on any atom is 0.130 e. The lowest BCUT2D eigenvalue weighted by molar-refractivity contribution is 0.237. The topological polar surface area (TPSA) is 38.2 Å². The van der Waals surface area contributed by atoms with E-state index >= 15 is 0 Å². The molecule has 4 nitrogen and oxygen atoms in total. The van der Waals surface area contributed by atoms with Gasteiger partial charge >= 0.3 is 0 Å². The molecule has 4 aromatic rings. The van der Waals surface area contributed by atoms with Crippen LogP contribution in [0.1, 0.15) is 22.4 Å². The van der Waals surface area contributed by atoms with Gasteiger partial charge in [-0.25, -0.2) is 0 Å². The molecule has 0 bridgehead atoms. The summed E-state index contributed by atoms with van der Waals surface area (Å²) in [7, 11) is 0. The van der Waals surface area contributed by atoms with Crippen molar-refractivity contribution in [2.75, 3.05) is 0 Å². The van der Waals surface area contributed by atoms with Gasteiger partial charge in [0.15, 0.2) is 0 Å². The number of ether oxygens (including phenoxy) is 1. The minimum Gasteiger partial charge on any atom is -0.487 e. The fraction of sp³-hybridized carbons (Fsp3) is 0.154. The predicted octanol–water partition coefficient (Wildman–Crippen LogP) is 5.26. The molecule has 4 heteroatoms. The Labute approximate surface area is 177 Å². The summed E-state index contributed by atoms with van der Waals surface area (Å²) in [5.74, 6) is 0.899. The lowest BCUT2D eigenvalue weighted by atomic mass is 10.1. The third kappa shape index (κ3) is 5.75. The van der Waals surface area contributed by atoms with Crippen LogP contribution in [0.4, 0.5) is 0 Å². The Bertz CT molecular complexity index is 982. The smallest absolute Gasteiger partial charge is 0.130 e. The summed E-state index contributed by atoms with van der Waals surface area (Å²) in [6.07, 6.45) is 5.49. The molecule has 0 atom stereocenters. The maximum absolute atomic E-state index is 6.13. The van der Waals surface area contributed by atoms with Crippen molar-refractivity contribution in [1.82, 2.24) is 14.9 Å². The van der Waals surface area contributed by atoms with Crippen LogP contribution in [0.15, 0.2) is 104 Å². The Hall–Kier alpha value is -3.50. The highest BCUT2D eigenvalue weighted by molar-refractivity contribution is 5.33. The van der Waals surface area contributed by atoms with Crippen LogP contribution in [0, 0.1) is 0 Å². The van der Waals surface area contributed by atoms with Crippen molar-refractivity contribution in [1.29, 1.82) is 0 Å². The standard InChI is InChI=1S/C26H25N3O/c1-2-8-22(9-3-1)18-29(19-23-13-16-27-17-14-23)20-24-10-4-5-12-26(24)30-21-25-11-6-7-15-28-25/h1-17H,18-21H2. The normalized spacial score (nSPS) is 10.8. The van der Waals surface area contributed by atoms with Crippen LogP contribution in [0.5, 0.6) is 5.75 Å². The largest absolute Gasteiger partial charge is 0.487 e. The maximum atomic E-state index is 6.13. The van der Waals surface area contributed by atoms with Crippen LogP contribution in [0.2, 0.25) is 0 Å². The van der Waals surface area contributed by atoms with Crippen LogP contribution in [0.3, 0.4) is 0 Å². The molecule has 0 aliphatic rings. The molecule has 0 radical (unpaired) electrons. The molecule has 0 aliphatic heterocycles. The molecule has 30 heavy (non-hydrogen) atoms. The van der Waals surface area contributed by atoms with E-state index in [4.69, 9.17) is 4.74 Å². The summed E-state index contributed by atoms with van der Waals surface area (Å²) in [5, 5.41) is 0. The number of pyridine rings is 2. The van der Waals surface area contributed by atoms with Gasteiger partial charge in [-0.05, 0) is 41.5 Å². The predicted molar refractivity (Wildman–Crippen MR) is 119 cm³/mol. The highest BCUT2D eigenvalue weighted by Crippen LogP contribution is 2.23. The van der Waals surface area contributed by atoms with Gasteiger partial charge in [0, 0.05) is 43.8 Å². The summed E-state index contributed by atoms with van der Waals surface area (Å²) in [6.45, 7) is 2.94. The summed E-state index contributed by atoms with van der Waals surface area (Å²) in [5.41, 5.74) is 4.62. The van der Waals surface area contributed by atoms with Gasteiger partial charge in [-0.2, -0.15) is 0 Å². The molecule has 4 rings (SSSR count). The van der Waals surface area contributed by atoms with E-state index in [1.54, 1.807) is 6.20 Å². The fourth-order valence-corrected chi connectivity index (χ4v) is 3.41. The van der Waals surface area contributed by atoms with Crippen molar-refractivity contribution >= 4 is 0 Å². The molecule has 2 aromatic heterocycles. The zero-order valence-corrected chi connectivity index (χ0v) is 16.9. The first kappa shape index (κ1) is 19.8. The van der Waals surface area contributed by atoms with Crippen molar-refractivity contribution < 1.29 is 4.74 Å². The lowest BCUT2D eigenvalue weighted by Gasteiger charge is -2.24. The quantitative estimate of drug-likeness (QED) is 0.388. The van der Waals surface area contributed by atoms with Gasteiger partial charge in [0.1, 0.15) is 12.4 Å². The number of hydrogen-bond acceptors (Lipinski definition) is 4. The van der Waals surface area contributed by atoms with Gasteiger partial charge in [-0.1, -0.05) is 54.6 Å². The molecule has 0 saturated carbocycles. The van der Waals surface area contributed by atoms with Crippen molar-refractivity contribution in [3.8, 4) is 5.75 Å². The van der Waals surface area contributed by atoms with Crippen LogP contribution < -0.4 is 4.74 Å². The average molecular weight is 396 g/mol. The molecule has 0 saturated heterocycles. The molecule has 0 unspecified atom stereocenters. The Morgan fingerprint density at radius 3 is 2.10 bits per heavy atom. The first-order valence-corrected chi connectivity index (χ1v) is 10.1. The number of hydrogen-bond donors (Lipinski definition) is 0. The summed E-state index contributed by atoms with van der Waals surface area (Å²) < 4.78 is 6.13. The second kappa shape index (κ2) is 10.3. The summed E-state index contributed by atoms with van der Waals surface area (Å²) in [6, 6.07) is 28.8. The molecule has 0 fully saturated rings. The van der Waals surface area contributed by atoms with E-state index in [0.29, 0.717) is 6.61 Å². The van der Waals surface area contributed by atoms with Crippen LogP contribution in [0.25, 0.3) is 0 Å². The summed E-state index contributed by atoms with van der Waals surface area (Å²) in [4.78, 5) is 10.9. The van der Waals surface area contributed by atoms with Crippen molar-refractivity contribution in [3.63, 3.8) is 0 Å². The van der Waals surface area contributed by atoms with Crippen LogP contribution in [-0.2, 0) is 26.2 Å². The second-order valence-corrected chi connectivity index (χ2v) is 7.20. The molecule has 150 valence electrons. The fourth-order valence-electron chi connectivity index (χ4n) is 3.41. The molecule has 0 N–H and O–H groups in total. The Morgan fingerprint density at radius 2 is 1.33 bits per heavy atom. The SMILES string of the molecule is c1ccc(CN(Cc2ccncc2)Cc2ccccc2OCc2ccccn2)cc1. The van der Waals surface area contributed by atoms with Gasteiger partial charge in [-0.15, -0.1) is 0 Å². The van der Waals surface area contributed by atoms with Gasteiger partial charge in [0.2, 0.25) is 0 Å². The Kier molecular flexibility index (Phi) is 6.82. The third-order valence-corrected chi connectivity index (χ3v) is 4.87. The number of nitrogens with zero attached hydrogens (tertiary/aromatic N) is 3. The van der Waals surface area contributed by atoms with E-state index in [0.717, 1.165) is 31.1 Å². The molecule has 2 aromatic carbocycles. The Balaban J connectivity index is 1.51. The number of rotatable bonds is 9. The van der Waals surface area contributed by atoms with E-state index in [1.807, 2.05) is 42.7 Å². The zero-order chi connectivity index (χ0) is 20.4. The third-order valence-electron chi connectivity index (χ3n) is 4.87. The molecular weight excluding hydrogens is 370 g/mol. The van der Waals surface area contributed by atoms with E-state index in [9.17, 15) is 0 Å². The minimum absolute atomic E-state index is 0.459. The van der Waals surface area contributed by atoms with Crippen molar-refractivity contribution in [2.45, 2.75) is 26.2 Å². The average Bonchev–Trinajstić information content (AvgIpc) is 2.80. The number of benzene rings is 2. The highest BCUT2D eigenvalue weighted by Gasteiger charge is 2.12.